The van der Waals surface area contributed by atoms with Crippen LogP contribution in [0.25, 0.3) is 0 Å². The number of pyridine rings is 1. The fraction of sp³-hybridized carbons (Fsp3) is 0.571. The first-order chi connectivity index (χ1) is 9.60. The molecule has 5 nitrogen and oxygen atoms in total. The van der Waals surface area contributed by atoms with Gasteiger partial charge >= 0.3 is 5.97 Å². The van der Waals surface area contributed by atoms with Gasteiger partial charge in [-0.25, -0.2) is 9.78 Å². The summed E-state index contributed by atoms with van der Waals surface area (Å²) >= 11 is 1.89. The van der Waals surface area contributed by atoms with Crippen molar-refractivity contribution in [3.8, 4) is 0 Å². The zero-order chi connectivity index (χ0) is 14.6. The molecule has 0 aliphatic heterocycles. The summed E-state index contributed by atoms with van der Waals surface area (Å²) in [5.74, 6) is 0.265. The Hall–Kier alpha value is -1.43. The van der Waals surface area contributed by atoms with Gasteiger partial charge in [0.2, 0.25) is 0 Å². The van der Waals surface area contributed by atoms with Crippen LogP contribution in [-0.2, 0) is 4.74 Å². The Morgan fingerprint density at radius 3 is 2.90 bits per heavy atom. The Bertz CT molecular complexity index is 484. The van der Waals surface area contributed by atoms with Crippen molar-refractivity contribution in [2.24, 2.45) is 0 Å². The van der Waals surface area contributed by atoms with Gasteiger partial charge in [-0.05, 0) is 32.1 Å². The maximum absolute atomic E-state index is 11.8. The van der Waals surface area contributed by atoms with E-state index in [4.69, 9.17) is 10.5 Å². The number of nitrogens with one attached hydrogen (secondary N) is 1. The van der Waals surface area contributed by atoms with Gasteiger partial charge in [0.25, 0.3) is 0 Å². The normalized spacial score (nSPS) is 16.3. The molecule has 0 radical (unpaired) electrons. The van der Waals surface area contributed by atoms with Crippen LogP contribution in [0.3, 0.4) is 0 Å². The lowest BCUT2D eigenvalue weighted by molar-refractivity contribution is 0.0527. The molecule has 20 heavy (non-hydrogen) atoms. The maximum Gasteiger partial charge on any atom is 0.340 e. The summed E-state index contributed by atoms with van der Waals surface area (Å²) < 4.78 is 5.30. The van der Waals surface area contributed by atoms with Gasteiger partial charge < -0.3 is 15.8 Å². The molecule has 0 aromatic carbocycles. The highest BCUT2D eigenvalue weighted by Crippen LogP contribution is 2.42. The van der Waals surface area contributed by atoms with Crippen molar-refractivity contribution in [1.82, 2.24) is 4.98 Å². The molecule has 1 aromatic heterocycles. The van der Waals surface area contributed by atoms with E-state index in [9.17, 15) is 4.79 Å². The van der Waals surface area contributed by atoms with Crippen LogP contribution in [0.1, 0.15) is 36.5 Å². The molecule has 1 fully saturated rings. The molecule has 0 unspecified atom stereocenters. The number of ether oxygens (including phenoxy) is 1. The van der Waals surface area contributed by atoms with E-state index in [1.807, 2.05) is 11.8 Å². The van der Waals surface area contributed by atoms with Crippen molar-refractivity contribution in [1.29, 1.82) is 0 Å². The number of carbonyl (C=O) groups excluding carboxylic acids is 1. The zero-order valence-corrected chi connectivity index (χ0v) is 12.8. The minimum Gasteiger partial charge on any atom is -0.462 e. The SMILES string of the molecule is CCOC(=O)c1cc(NCC2(SC)CCC2)ncc1N. The lowest BCUT2D eigenvalue weighted by Crippen LogP contribution is -2.40. The van der Waals surface area contributed by atoms with Crippen LogP contribution < -0.4 is 11.1 Å². The molecule has 1 saturated carbocycles. The highest BCUT2D eigenvalue weighted by atomic mass is 32.2. The zero-order valence-electron chi connectivity index (χ0n) is 11.9. The van der Waals surface area contributed by atoms with Gasteiger partial charge in [-0.1, -0.05) is 6.42 Å². The quantitative estimate of drug-likeness (QED) is 0.785. The minimum absolute atomic E-state index is 0.313. The number of nitrogen functional groups attached to an aromatic ring is 1. The molecule has 6 heteroatoms. The van der Waals surface area contributed by atoms with Gasteiger partial charge in [0.05, 0.1) is 24.1 Å². The van der Waals surface area contributed by atoms with E-state index in [0.717, 1.165) is 6.54 Å². The van der Waals surface area contributed by atoms with Crippen LogP contribution in [0.5, 0.6) is 0 Å². The smallest absolute Gasteiger partial charge is 0.340 e. The van der Waals surface area contributed by atoms with Gasteiger partial charge in [0.1, 0.15) is 5.82 Å². The second kappa shape index (κ2) is 6.35. The van der Waals surface area contributed by atoms with Crippen LogP contribution in [0.4, 0.5) is 11.5 Å². The summed E-state index contributed by atoms with van der Waals surface area (Å²) in [6.45, 7) is 2.96. The number of nitrogens with zero attached hydrogens (tertiary/aromatic N) is 1. The van der Waals surface area contributed by atoms with Crippen molar-refractivity contribution in [3.05, 3.63) is 17.8 Å². The van der Waals surface area contributed by atoms with Crippen LogP contribution in [0, 0.1) is 0 Å². The largest absolute Gasteiger partial charge is 0.462 e. The average molecular weight is 295 g/mol. The summed E-state index contributed by atoms with van der Waals surface area (Å²) in [4.78, 5) is 16.0. The number of thioether (sulfide) groups is 1. The summed E-state index contributed by atoms with van der Waals surface area (Å²) in [5.41, 5.74) is 6.49. The maximum atomic E-state index is 11.8. The molecule has 3 N–H and O–H groups in total. The third-order valence-electron chi connectivity index (χ3n) is 3.72. The molecule has 110 valence electrons. The standard InChI is InChI=1S/C14H21N3O2S/c1-3-19-13(18)10-7-12(16-8-11(10)15)17-9-14(20-2)5-4-6-14/h7-8H,3-6,9,15H2,1-2H3,(H,16,17). The second-order valence-corrected chi connectivity index (χ2v) is 6.25. The van der Waals surface area contributed by atoms with E-state index in [0.29, 0.717) is 28.4 Å². The number of hydrogen-bond donors (Lipinski definition) is 2. The Balaban J connectivity index is 2.05. The molecule has 0 bridgehead atoms. The van der Waals surface area contributed by atoms with Gasteiger partial charge in [0, 0.05) is 11.3 Å². The van der Waals surface area contributed by atoms with Gasteiger partial charge in [-0.3, -0.25) is 0 Å². The minimum atomic E-state index is -0.404. The topological polar surface area (TPSA) is 77.2 Å². The monoisotopic (exact) mass is 295 g/mol. The molecule has 1 aliphatic rings. The van der Waals surface area contributed by atoms with E-state index >= 15 is 0 Å². The predicted octanol–water partition coefficient (Wildman–Crippen LogP) is 2.54. The van der Waals surface area contributed by atoms with E-state index in [1.165, 1.54) is 25.5 Å². The van der Waals surface area contributed by atoms with E-state index < -0.39 is 5.97 Å². The van der Waals surface area contributed by atoms with Gasteiger partial charge in [-0.2, -0.15) is 11.8 Å². The Morgan fingerprint density at radius 1 is 1.60 bits per heavy atom. The lowest BCUT2D eigenvalue weighted by atomic mass is 9.84. The number of hydrogen-bond acceptors (Lipinski definition) is 6. The third kappa shape index (κ3) is 3.17. The fourth-order valence-electron chi connectivity index (χ4n) is 2.22. The molecule has 2 rings (SSSR count). The number of aromatic nitrogens is 1. The van der Waals surface area contributed by atoms with E-state index in [-0.39, 0.29) is 0 Å². The first-order valence-corrected chi connectivity index (χ1v) is 8.04. The Kier molecular flexibility index (Phi) is 4.75. The molecule has 1 aliphatic carbocycles. The lowest BCUT2D eigenvalue weighted by Gasteiger charge is -2.40. The second-order valence-electron chi connectivity index (χ2n) is 4.97. The molecule has 0 saturated heterocycles. The van der Waals surface area contributed by atoms with Gasteiger partial charge in [0.15, 0.2) is 0 Å². The number of rotatable bonds is 6. The Labute approximate surface area is 123 Å². The number of carbonyl (C=O) groups is 1. The highest BCUT2D eigenvalue weighted by molar-refractivity contribution is 8.00. The number of anilines is 2. The molecular weight excluding hydrogens is 274 g/mol. The number of nitrogens with two attached hydrogens (primary N) is 1. The summed E-state index contributed by atoms with van der Waals surface area (Å²) in [7, 11) is 0. The molecule has 0 spiro atoms. The van der Waals surface area contributed by atoms with Crippen molar-refractivity contribution >= 4 is 29.2 Å². The predicted molar refractivity (Wildman–Crippen MR) is 83.2 cm³/mol. The molecule has 0 amide bonds. The van der Waals surface area contributed by atoms with Crippen molar-refractivity contribution < 1.29 is 9.53 Å². The first kappa shape index (κ1) is 15.0. The summed E-state index contributed by atoms with van der Waals surface area (Å²) in [6.07, 6.45) is 7.37. The first-order valence-electron chi connectivity index (χ1n) is 6.82. The van der Waals surface area contributed by atoms with Crippen molar-refractivity contribution in [2.75, 3.05) is 30.5 Å². The molecule has 1 heterocycles. The summed E-state index contributed by atoms with van der Waals surface area (Å²) in [6, 6.07) is 1.67. The third-order valence-corrected chi connectivity index (χ3v) is 5.14. The average Bonchev–Trinajstić information content (AvgIpc) is 2.40. The van der Waals surface area contributed by atoms with Crippen LogP contribution in [0.15, 0.2) is 12.3 Å². The van der Waals surface area contributed by atoms with Crippen LogP contribution in [-0.4, -0.2) is 35.1 Å². The highest BCUT2D eigenvalue weighted by Gasteiger charge is 2.35. The number of esters is 1. The molecular formula is C14H21N3O2S. The van der Waals surface area contributed by atoms with Gasteiger partial charge in [-0.15, -0.1) is 0 Å². The van der Waals surface area contributed by atoms with Crippen molar-refractivity contribution in [3.63, 3.8) is 0 Å². The van der Waals surface area contributed by atoms with E-state index in [2.05, 4.69) is 16.6 Å². The Morgan fingerprint density at radius 2 is 2.35 bits per heavy atom. The van der Waals surface area contributed by atoms with Crippen LogP contribution >= 0.6 is 11.8 Å². The van der Waals surface area contributed by atoms with Crippen LogP contribution in [0.2, 0.25) is 0 Å². The molecule has 1 aromatic rings. The molecule has 0 atom stereocenters. The van der Waals surface area contributed by atoms with E-state index in [1.54, 1.807) is 13.0 Å². The summed E-state index contributed by atoms with van der Waals surface area (Å²) in [5, 5.41) is 3.31. The fourth-order valence-corrected chi connectivity index (χ4v) is 3.14. The van der Waals surface area contributed by atoms with Crippen molar-refractivity contribution in [2.45, 2.75) is 30.9 Å².